The molecule has 1 fully saturated rings. The van der Waals surface area contributed by atoms with E-state index in [0.717, 1.165) is 5.56 Å². The smallest absolute Gasteiger partial charge is 0.141 e. The molecule has 0 heterocycles. The van der Waals surface area contributed by atoms with Gasteiger partial charge in [0.15, 0.2) is 0 Å². The summed E-state index contributed by atoms with van der Waals surface area (Å²) in [6.45, 7) is 0. The standard InChI is InChI=1S/C17H16ClFO/c18-15-10-12(8-9-16(15)19)17(20)14-7-2-1-6-13(14)11-4-3-5-11/h1-2,6-11,17,20H,3-5H2. The van der Waals surface area contributed by atoms with Crippen molar-refractivity contribution in [2.45, 2.75) is 31.3 Å². The van der Waals surface area contributed by atoms with Crippen LogP contribution in [0.1, 0.15) is 48.0 Å². The summed E-state index contributed by atoms with van der Waals surface area (Å²) in [4.78, 5) is 0. The Bertz CT molecular complexity index is 622. The topological polar surface area (TPSA) is 20.2 Å². The molecule has 0 saturated heterocycles. The fourth-order valence-corrected chi connectivity index (χ4v) is 2.90. The lowest BCUT2D eigenvalue weighted by molar-refractivity contribution is 0.217. The Balaban J connectivity index is 1.97. The van der Waals surface area contributed by atoms with E-state index >= 15 is 0 Å². The van der Waals surface area contributed by atoms with Crippen LogP contribution in [0.25, 0.3) is 0 Å². The van der Waals surface area contributed by atoms with Crippen molar-refractivity contribution in [3.05, 3.63) is 70.0 Å². The lowest BCUT2D eigenvalue weighted by Crippen LogP contribution is -2.13. The van der Waals surface area contributed by atoms with Gasteiger partial charge in [-0.25, -0.2) is 4.39 Å². The number of halogens is 2. The van der Waals surface area contributed by atoms with Crippen LogP contribution in [0.5, 0.6) is 0 Å². The molecule has 0 radical (unpaired) electrons. The number of hydrogen-bond acceptors (Lipinski definition) is 1. The number of aliphatic hydroxyl groups is 1. The molecule has 2 aromatic carbocycles. The first kappa shape index (κ1) is 13.6. The Hall–Kier alpha value is -1.38. The summed E-state index contributed by atoms with van der Waals surface area (Å²) in [5.41, 5.74) is 2.73. The predicted octanol–water partition coefficient (Wildman–Crippen LogP) is 4.83. The summed E-state index contributed by atoms with van der Waals surface area (Å²) in [6, 6.07) is 12.3. The summed E-state index contributed by atoms with van der Waals surface area (Å²) in [6.07, 6.45) is 2.84. The van der Waals surface area contributed by atoms with Gasteiger partial charge in [-0.15, -0.1) is 0 Å². The molecule has 20 heavy (non-hydrogen) atoms. The molecular formula is C17H16ClFO. The van der Waals surface area contributed by atoms with Crippen molar-refractivity contribution in [1.29, 1.82) is 0 Å². The van der Waals surface area contributed by atoms with Crippen LogP contribution in [0.4, 0.5) is 4.39 Å². The van der Waals surface area contributed by atoms with Crippen LogP contribution in [0.3, 0.4) is 0 Å². The van der Waals surface area contributed by atoms with Gasteiger partial charge in [0.2, 0.25) is 0 Å². The average molecular weight is 291 g/mol. The highest BCUT2D eigenvalue weighted by atomic mass is 35.5. The Morgan fingerprint density at radius 1 is 1.15 bits per heavy atom. The summed E-state index contributed by atoms with van der Waals surface area (Å²) in [7, 11) is 0. The second kappa shape index (κ2) is 5.55. The molecule has 1 unspecified atom stereocenters. The van der Waals surface area contributed by atoms with Crippen LogP contribution in [0.2, 0.25) is 5.02 Å². The molecule has 0 amide bonds. The molecule has 1 atom stereocenters. The SMILES string of the molecule is OC(c1ccc(F)c(Cl)c1)c1ccccc1C1CCC1. The van der Waals surface area contributed by atoms with Crippen molar-refractivity contribution < 1.29 is 9.50 Å². The van der Waals surface area contributed by atoms with E-state index < -0.39 is 11.9 Å². The number of aliphatic hydroxyl groups excluding tert-OH is 1. The van der Waals surface area contributed by atoms with Gasteiger partial charge in [0.25, 0.3) is 0 Å². The average Bonchev–Trinajstić information content (AvgIpc) is 2.40. The maximum Gasteiger partial charge on any atom is 0.141 e. The van der Waals surface area contributed by atoms with E-state index in [0.29, 0.717) is 11.5 Å². The summed E-state index contributed by atoms with van der Waals surface area (Å²) in [5, 5.41) is 10.6. The molecule has 3 heteroatoms. The van der Waals surface area contributed by atoms with Crippen LogP contribution >= 0.6 is 11.6 Å². The van der Waals surface area contributed by atoms with Crippen molar-refractivity contribution in [3.63, 3.8) is 0 Å². The molecule has 1 saturated carbocycles. The molecule has 1 N–H and O–H groups in total. The molecule has 104 valence electrons. The van der Waals surface area contributed by atoms with E-state index in [9.17, 15) is 9.50 Å². The Labute approximate surface area is 123 Å². The monoisotopic (exact) mass is 290 g/mol. The van der Waals surface area contributed by atoms with Gasteiger partial charge in [-0.1, -0.05) is 48.4 Å². The summed E-state index contributed by atoms with van der Waals surface area (Å²) < 4.78 is 13.2. The quantitative estimate of drug-likeness (QED) is 0.858. The zero-order valence-corrected chi connectivity index (χ0v) is 11.8. The molecule has 1 aliphatic rings. The highest BCUT2D eigenvalue weighted by molar-refractivity contribution is 6.30. The van der Waals surface area contributed by atoms with Gasteiger partial charge in [0.05, 0.1) is 5.02 Å². The van der Waals surface area contributed by atoms with Crippen LogP contribution in [0.15, 0.2) is 42.5 Å². The van der Waals surface area contributed by atoms with Crippen molar-refractivity contribution in [2.24, 2.45) is 0 Å². The molecular weight excluding hydrogens is 275 g/mol. The molecule has 1 nitrogen and oxygen atoms in total. The zero-order chi connectivity index (χ0) is 14.1. The first-order chi connectivity index (χ1) is 9.66. The fourth-order valence-electron chi connectivity index (χ4n) is 2.71. The van der Waals surface area contributed by atoms with E-state index in [1.807, 2.05) is 18.2 Å². The van der Waals surface area contributed by atoms with Crippen molar-refractivity contribution in [3.8, 4) is 0 Å². The Morgan fingerprint density at radius 2 is 1.90 bits per heavy atom. The molecule has 1 aliphatic carbocycles. The molecule has 2 aromatic rings. The van der Waals surface area contributed by atoms with Crippen LogP contribution in [-0.2, 0) is 0 Å². The Morgan fingerprint density at radius 3 is 2.55 bits per heavy atom. The Kier molecular flexibility index (Phi) is 3.77. The van der Waals surface area contributed by atoms with E-state index in [4.69, 9.17) is 11.6 Å². The molecule has 0 spiro atoms. The molecule has 3 rings (SSSR count). The third-order valence-electron chi connectivity index (χ3n) is 4.09. The van der Waals surface area contributed by atoms with Crippen LogP contribution in [-0.4, -0.2) is 5.11 Å². The third kappa shape index (κ3) is 2.46. The van der Waals surface area contributed by atoms with Gasteiger partial charge >= 0.3 is 0 Å². The van der Waals surface area contributed by atoms with E-state index in [2.05, 4.69) is 6.07 Å². The lowest BCUT2D eigenvalue weighted by atomic mass is 9.77. The van der Waals surface area contributed by atoms with Gasteiger partial charge in [0, 0.05) is 0 Å². The summed E-state index contributed by atoms with van der Waals surface area (Å²) >= 11 is 5.80. The highest BCUT2D eigenvalue weighted by Gasteiger charge is 2.25. The normalized spacial score (nSPS) is 16.8. The van der Waals surface area contributed by atoms with Gasteiger partial charge in [-0.05, 0) is 47.6 Å². The third-order valence-corrected chi connectivity index (χ3v) is 4.38. The van der Waals surface area contributed by atoms with Crippen molar-refractivity contribution in [2.75, 3.05) is 0 Å². The van der Waals surface area contributed by atoms with Gasteiger partial charge < -0.3 is 5.11 Å². The van der Waals surface area contributed by atoms with Crippen molar-refractivity contribution >= 4 is 11.6 Å². The van der Waals surface area contributed by atoms with Gasteiger partial charge in [0.1, 0.15) is 11.9 Å². The largest absolute Gasteiger partial charge is 0.384 e. The minimum Gasteiger partial charge on any atom is -0.384 e. The number of benzene rings is 2. The highest BCUT2D eigenvalue weighted by Crippen LogP contribution is 2.40. The predicted molar refractivity (Wildman–Crippen MR) is 78.5 cm³/mol. The lowest BCUT2D eigenvalue weighted by Gasteiger charge is -2.29. The first-order valence-corrected chi connectivity index (χ1v) is 7.26. The molecule has 0 aromatic heterocycles. The first-order valence-electron chi connectivity index (χ1n) is 6.88. The molecule has 0 aliphatic heterocycles. The van der Waals surface area contributed by atoms with Gasteiger partial charge in [-0.3, -0.25) is 0 Å². The van der Waals surface area contributed by atoms with E-state index in [1.165, 1.54) is 37.0 Å². The maximum atomic E-state index is 13.2. The fraction of sp³-hybridized carbons (Fsp3) is 0.294. The second-order valence-corrected chi connectivity index (χ2v) is 5.74. The van der Waals surface area contributed by atoms with E-state index in [1.54, 1.807) is 6.07 Å². The number of hydrogen-bond donors (Lipinski definition) is 1. The minimum atomic E-state index is -0.759. The van der Waals surface area contributed by atoms with Crippen LogP contribution < -0.4 is 0 Å². The van der Waals surface area contributed by atoms with Gasteiger partial charge in [-0.2, -0.15) is 0 Å². The second-order valence-electron chi connectivity index (χ2n) is 5.33. The van der Waals surface area contributed by atoms with E-state index in [-0.39, 0.29) is 5.02 Å². The number of rotatable bonds is 3. The molecule has 0 bridgehead atoms. The summed E-state index contributed by atoms with van der Waals surface area (Å²) in [5.74, 6) is 0.0756. The zero-order valence-electron chi connectivity index (χ0n) is 11.0. The minimum absolute atomic E-state index is 0.0441. The maximum absolute atomic E-state index is 13.2. The van der Waals surface area contributed by atoms with Crippen molar-refractivity contribution in [1.82, 2.24) is 0 Å². The van der Waals surface area contributed by atoms with Crippen LogP contribution in [0, 0.1) is 5.82 Å².